The lowest BCUT2D eigenvalue weighted by molar-refractivity contribution is -0.118. The Kier molecular flexibility index (Phi) is 6.91. The molecule has 1 amide bonds. The van der Waals surface area contributed by atoms with E-state index in [1.54, 1.807) is 12.1 Å². The second-order valence-electron chi connectivity index (χ2n) is 7.24. The molecule has 1 heterocycles. The number of benzene rings is 2. The van der Waals surface area contributed by atoms with Crippen molar-refractivity contribution < 1.29 is 19.1 Å². The number of carbonyl (C=O) groups excluding carboxylic acids is 2. The monoisotopic (exact) mass is 439 g/mol. The highest BCUT2D eigenvalue weighted by atomic mass is 32.1. The maximum Gasteiger partial charge on any atom is 0.262 e. The van der Waals surface area contributed by atoms with Gasteiger partial charge in [-0.25, -0.2) is 0 Å². The molecule has 7 nitrogen and oxygen atoms in total. The lowest BCUT2D eigenvalue weighted by Gasteiger charge is -2.30. The first-order valence-corrected chi connectivity index (χ1v) is 10.2. The van der Waals surface area contributed by atoms with Gasteiger partial charge in [0.1, 0.15) is 0 Å². The van der Waals surface area contributed by atoms with Crippen LogP contribution in [0.1, 0.15) is 31.0 Å². The van der Waals surface area contributed by atoms with Crippen LogP contribution in [0.15, 0.2) is 53.7 Å². The Morgan fingerprint density at radius 2 is 1.81 bits per heavy atom. The van der Waals surface area contributed by atoms with Crippen molar-refractivity contribution in [3.8, 4) is 11.5 Å². The maximum atomic E-state index is 12.2. The van der Waals surface area contributed by atoms with E-state index in [1.165, 1.54) is 14.0 Å². The number of methoxy groups -OCH3 is 1. The Morgan fingerprint density at radius 3 is 2.45 bits per heavy atom. The van der Waals surface area contributed by atoms with Crippen LogP contribution in [-0.4, -0.2) is 30.5 Å². The van der Waals surface area contributed by atoms with Gasteiger partial charge in [-0.2, -0.15) is 0 Å². The van der Waals surface area contributed by atoms with Crippen LogP contribution < -0.4 is 25.4 Å². The highest BCUT2D eigenvalue weighted by Gasteiger charge is 2.28. The van der Waals surface area contributed by atoms with Crippen molar-refractivity contribution in [1.29, 1.82) is 0 Å². The van der Waals surface area contributed by atoms with Gasteiger partial charge in [0.05, 0.1) is 13.2 Å². The molecule has 0 fully saturated rings. The third kappa shape index (κ3) is 5.40. The summed E-state index contributed by atoms with van der Waals surface area (Å²) in [6, 6.07) is 12.4. The number of amides is 1. The van der Waals surface area contributed by atoms with E-state index >= 15 is 0 Å². The zero-order valence-corrected chi connectivity index (χ0v) is 18.7. The fourth-order valence-electron chi connectivity index (χ4n) is 3.37. The van der Waals surface area contributed by atoms with Crippen LogP contribution in [-0.2, 0) is 9.59 Å². The fraction of sp³-hybridized carbons (Fsp3) is 0.261. The molecule has 0 saturated carbocycles. The predicted molar refractivity (Wildman–Crippen MR) is 123 cm³/mol. The minimum absolute atomic E-state index is 0.0583. The molecule has 2 aromatic rings. The molecule has 0 aromatic heterocycles. The standard InChI is InChI=1S/C23H25N3O4S/c1-13-5-8-17(9-6-13)25-20(28)12-30-18-10-7-16(11-19(18)29-4)22-21(15(3)27)14(2)24-23(31)26-22/h5-11,22H,12H2,1-4H3,(H,25,28)(H2,24,26,31). The van der Waals surface area contributed by atoms with Gasteiger partial charge in [0.2, 0.25) is 0 Å². The molecule has 3 N–H and O–H groups in total. The van der Waals surface area contributed by atoms with E-state index in [0.717, 1.165) is 11.1 Å². The van der Waals surface area contributed by atoms with Gasteiger partial charge in [-0.15, -0.1) is 0 Å². The predicted octanol–water partition coefficient (Wildman–Crippen LogP) is 3.40. The Balaban J connectivity index is 1.74. The summed E-state index contributed by atoms with van der Waals surface area (Å²) in [6.07, 6.45) is 0. The fourth-order valence-corrected chi connectivity index (χ4v) is 3.64. The van der Waals surface area contributed by atoms with Crippen LogP contribution in [0.2, 0.25) is 0 Å². The van der Waals surface area contributed by atoms with Crippen molar-refractivity contribution in [2.75, 3.05) is 19.0 Å². The Bertz CT molecular complexity index is 1050. The molecule has 1 unspecified atom stereocenters. The van der Waals surface area contributed by atoms with E-state index in [-0.39, 0.29) is 18.3 Å². The smallest absolute Gasteiger partial charge is 0.262 e. The summed E-state index contributed by atoms with van der Waals surface area (Å²) in [6.45, 7) is 5.15. The number of Topliss-reactive ketones (excluding diaryl/α,β-unsaturated/α-hetero) is 1. The number of carbonyl (C=O) groups is 2. The number of thiocarbonyl (C=S) groups is 1. The minimum atomic E-state index is -0.404. The van der Waals surface area contributed by atoms with Gasteiger partial charge in [-0.3, -0.25) is 9.59 Å². The quantitative estimate of drug-likeness (QED) is 0.570. The van der Waals surface area contributed by atoms with Crippen LogP contribution in [0.25, 0.3) is 0 Å². The van der Waals surface area contributed by atoms with Gasteiger partial charge in [0.15, 0.2) is 29.0 Å². The Labute approximate surface area is 186 Å². The number of rotatable bonds is 7. The molecule has 162 valence electrons. The van der Waals surface area contributed by atoms with Crippen LogP contribution in [0.5, 0.6) is 11.5 Å². The number of allylic oxidation sites excluding steroid dienone is 1. The molecule has 0 aliphatic carbocycles. The lowest BCUT2D eigenvalue weighted by Crippen LogP contribution is -2.44. The average Bonchev–Trinajstić information content (AvgIpc) is 2.72. The Morgan fingerprint density at radius 1 is 1.10 bits per heavy atom. The molecule has 0 bridgehead atoms. The maximum absolute atomic E-state index is 12.2. The molecule has 1 aliphatic heterocycles. The number of anilines is 1. The molecular formula is C23H25N3O4S. The van der Waals surface area contributed by atoms with Gasteiger partial charge >= 0.3 is 0 Å². The summed E-state index contributed by atoms with van der Waals surface area (Å²) >= 11 is 5.25. The average molecular weight is 440 g/mol. The number of ketones is 1. The minimum Gasteiger partial charge on any atom is -0.493 e. The van der Waals surface area contributed by atoms with Gasteiger partial charge in [0.25, 0.3) is 5.91 Å². The summed E-state index contributed by atoms with van der Waals surface area (Å²) in [5.74, 6) is 0.536. The number of hydrogen-bond acceptors (Lipinski definition) is 5. The molecule has 3 rings (SSSR count). The van der Waals surface area contributed by atoms with Crippen LogP contribution in [0.4, 0.5) is 5.69 Å². The molecule has 0 spiro atoms. The van der Waals surface area contributed by atoms with Gasteiger partial charge in [0, 0.05) is 17.0 Å². The topological polar surface area (TPSA) is 88.7 Å². The van der Waals surface area contributed by atoms with Crippen molar-refractivity contribution >= 4 is 34.7 Å². The molecule has 2 aromatic carbocycles. The number of hydrogen-bond donors (Lipinski definition) is 3. The van der Waals surface area contributed by atoms with Crippen LogP contribution >= 0.6 is 12.2 Å². The van der Waals surface area contributed by atoms with E-state index < -0.39 is 6.04 Å². The first kappa shape index (κ1) is 22.3. The first-order chi connectivity index (χ1) is 14.8. The van der Waals surface area contributed by atoms with E-state index in [1.807, 2.05) is 44.2 Å². The summed E-state index contributed by atoms with van der Waals surface area (Å²) in [5, 5.41) is 9.35. The normalized spacial score (nSPS) is 15.6. The van der Waals surface area contributed by atoms with Crippen molar-refractivity contribution in [3.05, 3.63) is 64.9 Å². The number of ether oxygens (including phenoxy) is 2. The van der Waals surface area contributed by atoms with Gasteiger partial charge < -0.3 is 25.4 Å². The summed E-state index contributed by atoms with van der Waals surface area (Å²) in [4.78, 5) is 24.4. The van der Waals surface area contributed by atoms with Crippen LogP contribution in [0.3, 0.4) is 0 Å². The van der Waals surface area contributed by atoms with E-state index in [4.69, 9.17) is 21.7 Å². The molecule has 1 aliphatic rings. The second kappa shape index (κ2) is 9.61. The summed E-state index contributed by atoms with van der Waals surface area (Å²) in [5.41, 5.74) is 3.92. The molecule has 0 radical (unpaired) electrons. The highest BCUT2D eigenvalue weighted by Crippen LogP contribution is 2.34. The second-order valence-corrected chi connectivity index (χ2v) is 7.65. The largest absolute Gasteiger partial charge is 0.493 e. The van der Waals surface area contributed by atoms with Crippen molar-refractivity contribution in [2.24, 2.45) is 0 Å². The third-order valence-electron chi connectivity index (χ3n) is 4.86. The van der Waals surface area contributed by atoms with Crippen molar-refractivity contribution in [1.82, 2.24) is 10.6 Å². The molecule has 31 heavy (non-hydrogen) atoms. The molecule has 1 atom stereocenters. The molecule has 0 saturated heterocycles. The zero-order chi connectivity index (χ0) is 22.5. The lowest BCUT2D eigenvalue weighted by atomic mass is 9.93. The number of nitrogens with one attached hydrogen (secondary N) is 3. The Hall–Kier alpha value is -3.39. The summed E-state index contributed by atoms with van der Waals surface area (Å²) < 4.78 is 11.1. The SMILES string of the molecule is COc1cc(C2NC(=S)NC(C)=C2C(C)=O)ccc1OCC(=O)Nc1ccc(C)cc1. The van der Waals surface area contributed by atoms with E-state index in [9.17, 15) is 9.59 Å². The van der Waals surface area contributed by atoms with Crippen molar-refractivity contribution in [3.63, 3.8) is 0 Å². The zero-order valence-electron chi connectivity index (χ0n) is 17.9. The van der Waals surface area contributed by atoms with Crippen LogP contribution in [0, 0.1) is 6.92 Å². The molecular weight excluding hydrogens is 414 g/mol. The highest BCUT2D eigenvalue weighted by molar-refractivity contribution is 7.80. The van der Waals surface area contributed by atoms with Crippen molar-refractivity contribution in [2.45, 2.75) is 26.8 Å². The summed E-state index contributed by atoms with van der Waals surface area (Å²) in [7, 11) is 1.52. The van der Waals surface area contributed by atoms with E-state index in [2.05, 4.69) is 16.0 Å². The first-order valence-electron chi connectivity index (χ1n) is 9.75. The van der Waals surface area contributed by atoms with Gasteiger partial charge in [-0.1, -0.05) is 23.8 Å². The van der Waals surface area contributed by atoms with E-state index in [0.29, 0.717) is 33.6 Å². The third-order valence-corrected chi connectivity index (χ3v) is 5.08. The molecule has 8 heteroatoms. The number of aryl methyl sites for hydroxylation is 1. The van der Waals surface area contributed by atoms with Gasteiger partial charge in [-0.05, 0) is 62.8 Å².